The highest BCUT2D eigenvalue weighted by Gasteiger charge is 2.40. The van der Waals surface area contributed by atoms with Crippen LogP contribution in [0.2, 0.25) is 0 Å². The van der Waals surface area contributed by atoms with Crippen LogP contribution in [0.4, 0.5) is 0 Å². The fraction of sp³-hybridized carbons (Fsp3) is 0.467. The molecule has 2 N–H and O–H groups in total. The van der Waals surface area contributed by atoms with Crippen molar-refractivity contribution in [3.05, 3.63) is 35.9 Å². The lowest BCUT2D eigenvalue weighted by Gasteiger charge is -2.18. The highest BCUT2D eigenvalue weighted by molar-refractivity contribution is 5.84. The molecule has 0 bridgehead atoms. The van der Waals surface area contributed by atoms with Gasteiger partial charge in [-0.3, -0.25) is 9.59 Å². The summed E-state index contributed by atoms with van der Waals surface area (Å²) < 4.78 is 0. The van der Waals surface area contributed by atoms with E-state index in [0.29, 0.717) is 5.92 Å². The van der Waals surface area contributed by atoms with Gasteiger partial charge in [0.05, 0.1) is 5.41 Å². The van der Waals surface area contributed by atoms with E-state index < -0.39 is 11.4 Å². The first-order valence-corrected chi connectivity index (χ1v) is 6.48. The molecule has 0 saturated heterocycles. The summed E-state index contributed by atoms with van der Waals surface area (Å²) in [6.45, 7) is 3.13. The highest BCUT2D eigenvalue weighted by Crippen LogP contribution is 2.40. The molecular formula is C15H19NO3. The predicted octanol–water partition coefficient (Wildman–Crippen LogP) is 2.16. The molecule has 19 heavy (non-hydrogen) atoms. The molecular weight excluding hydrogens is 242 g/mol. The summed E-state index contributed by atoms with van der Waals surface area (Å²) >= 11 is 0. The molecule has 1 fully saturated rings. The van der Waals surface area contributed by atoms with E-state index in [0.717, 1.165) is 6.42 Å². The number of carboxylic acids is 1. The van der Waals surface area contributed by atoms with E-state index in [1.165, 1.54) is 5.56 Å². The first-order chi connectivity index (χ1) is 8.90. The zero-order chi connectivity index (χ0) is 14.0. The van der Waals surface area contributed by atoms with Gasteiger partial charge in [0.15, 0.2) is 0 Å². The van der Waals surface area contributed by atoms with Crippen molar-refractivity contribution in [3.8, 4) is 0 Å². The summed E-state index contributed by atoms with van der Waals surface area (Å²) in [6.07, 6.45) is 0.948. The third-order valence-electron chi connectivity index (χ3n) is 3.55. The SMILES string of the molecule is CC(C)(CC(=O)NC1CC1c1ccccc1)C(=O)O. The zero-order valence-electron chi connectivity index (χ0n) is 11.2. The number of rotatable bonds is 5. The van der Waals surface area contributed by atoms with Crippen LogP contribution in [0.25, 0.3) is 0 Å². The molecule has 0 spiro atoms. The summed E-state index contributed by atoms with van der Waals surface area (Å²) in [5, 5.41) is 11.9. The molecule has 2 rings (SSSR count). The van der Waals surface area contributed by atoms with Gasteiger partial charge in [0.2, 0.25) is 5.91 Å². The van der Waals surface area contributed by atoms with Crippen LogP contribution < -0.4 is 5.32 Å². The molecule has 4 heteroatoms. The Kier molecular flexibility index (Phi) is 3.60. The minimum absolute atomic E-state index is 0.0142. The summed E-state index contributed by atoms with van der Waals surface area (Å²) in [6, 6.07) is 10.2. The minimum atomic E-state index is -1.01. The van der Waals surface area contributed by atoms with Crippen molar-refractivity contribution in [1.29, 1.82) is 0 Å². The van der Waals surface area contributed by atoms with E-state index in [-0.39, 0.29) is 18.4 Å². The monoisotopic (exact) mass is 261 g/mol. The van der Waals surface area contributed by atoms with Crippen LogP contribution in [0.1, 0.15) is 38.2 Å². The van der Waals surface area contributed by atoms with E-state index in [4.69, 9.17) is 5.11 Å². The Hall–Kier alpha value is -1.84. The average molecular weight is 261 g/mol. The molecule has 0 aliphatic heterocycles. The Morgan fingerprint density at radius 3 is 2.53 bits per heavy atom. The van der Waals surface area contributed by atoms with Gasteiger partial charge in [0, 0.05) is 18.4 Å². The van der Waals surface area contributed by atoms with Crippen LogP contribution in [0.3, 0.4) is 0 Å². The van der Waals surface area contributed by atoms with Gasteiger partial charge in [-0.25, -0.2) is 0 Å². The predicted molar refractivity (Wildman–Crippen MR) is 71.8 cm³/mol. The summed E-state index contributed by atoms with van der Waals surface area (Å²) in [5.74, 6) is -0.757. The first kappa shape index (κ1) is 13.6. The van der Waals surface area contributed by atoms with Crippen molar-refractivity contribution in [2.45, 2.75) is 38.6 Å². The van der Waals surface area contributed by atoms with Gasteiger partial charge < -0.3 is 10.4 Å². The summed E-state index contributed by atoms with van der Waals surface area (Å²) in [7, 11) is 0. The van der Waals surface area contributed by atoms with Gasteiger partial charge in [-0.15, -0.1) is 0 Å². The molecule has 0 radical (unpaired) electrons. The number of hydrogen-bond donors (Lipinski definition) is 2. The second-order valence-electron chi connectivity index (χ2n) is 5.79. The molecule has 1 aromatic carbocycles. The molecule has 2 unspecified atom stereocenters. The third-order valence-corrected chi connectivity index (χ3v) is 3.55. The summed E-state index contributed by atoms with van der Waals surface area (Å²) in [4.78, 5) is 22.8. The number of carboxylic acid groups (broad SMARTS) is 1. The van der Waals surface area contributed by atoms with Crippen molar-refractivity contribution in [2.75, 3.05) is 0 Å². The number of amides is 1. The number of carbonyl (C=O) groups excluding carboxylic acids is 1. The molecule has 1 aliphatic rings. The Morgan fingerprint density at radius 2 is 1.95 bits per heavy atom. The lowest BCUT2D eigenvalue weighted by Crippen LogP contribution is -2.34. The van der Waals surface area contributed by atoms with E-state index in [9.17, 15) is 9.59 Å². The van der Waals surface area contributed by atoms with Gasteiger partial charge in [0.1, 0.15) is 0 Å². The van der Waals surface area contributed by atoms with Gasteiger partial charge in [-0.2, -0.15) is 0 Å². The van der Waals surface area contributed by atoms with Crippen molar-refractivity contribution in [2.24, 2.45) is 5.41 Å². The number of hydrogen-bond acceptors (Lipinski definition) is 2. The maximum Gasteiger partial charge on any atom is 0.309 e. The molecule has 0 heterocycles. The van der Waals surface area contributed by atoms with Crippen molar-refractivity contribution >= 4 is 11.9 Å². The molecule has 4 nitrogen and oxygen atoms in total. The van der Waals surface area contributed by atoms with Crippen LogP contribution in [0.15, 0.2) is 30.3 Å². The number of benzene rings is 1. The molecule has 2 atom stereocenters. The third kappa shape index (κ3) is 3.34. The minimum Gasteiger partial charge on any atom is -0.481 e. The van der Waals surface area contributed by atoms with Crippen molar-refractivity contribution in [3.63, 3.8) is 0 Å². The lowest BCUT2D eigenvalue weighted by molar-refractivity contribution is -0.149. The lowest BCUT2D eigenvalue weighted by atomic mass is 9.89. The standard InChI is InChI=1S/C15H19NO3/c1-15(2,14(18)19)9-13(17)16-12-8-11(12)10-6-4-3-5-7-10/h3-7,11-12H,8-9H2,1-2H3,(H,16,17)(H,18,19). The topological polar surface area (TPSA) is 66.4 Å². The molecule has 1 saturated carbocycles. The average Bonchev–Trinajstić information content (AvgIpc) is 3.08. The quantitative estimate of drug-likeness (QED) is 0.853. The number of nitrogens with one attached hydrogen (secondary N) is 1. The van der Waals surface area contributed by atoms with Gasteiger partial charge >= 0.3 is 5.97 Å². The molecule has 102 valence electrons. The number of carbonyl (C=O) groups is 2. The van der Waals surface area contributed by atoms with E-state index in [1.807, 2.05) is 18.2 Å². The molecule has 1 aromatic rings. The largest absolute Gasteiger partial charge is 0.481 e. The van der Waals surface area contributed by atoms with Gasteiger partial charge in [-0.1, -0.05) is 30.3 Å². The molecule has 0 aromatic heterocycles. The van der Waals surface area contributed by atoms with Crippen LogP contribution in [0.5, 0.6) is 0 Å². The first-order valence-electron chi connectivity index (χ1n) is 6.48. The van der Waals surface area contributed by atoms with E-state index >= 15 is 0 Å². The molecule has 1 amide bonds. The number of aliphatic carboxylic acids is 1. The molecule has 1 aliphatic carbocycles. The summed E-state index contributed by atoms with van der Waals surface area (Å²) in [5.41, 5.74) is 0.214. The van der Waals surface area contributed by atoms with Gasteiger partial charge in [-0.05, 0) is 25.8 Å². The highest BCUT2D eigenvalue weighted by atomic mass is 16.4. The van der Waals surface area contributed by atoms with Crippen LogP contribution in [0, 0.1) is 5.41 Å². The Labute approximate surface area is 112 Å². The Balaban J connectivity index is 1.85. The van der Waals surface area contributed by atoms with Crippen LogP contribution in [-0.4, -0.2) is 23.0 Å². The smallest absolute Gasteiger partial charge is 0.309 e. The van der Waals surface area contributed by atoms with E-state index in [2.05, 4.69) is 17.4 Å². The normalized spacial score (nSPS) is 21.8. The Bertz CT molecular complexity index is 481. The fourth-order valence-electron chi connectivity index (χ4n) is 2.16. The maximum absolute atomic E-state index is 11.8. The zero-order valence-corrected chi connectivity index (χ0v) is 11.2. The second kappa shape index (κ2) is 5.03. The van der Waals surface area contributed by atoms with Gasteiger partial charge in [0.25, 0.3) is 0 Å². The second-order valence-corrected chi connectivity index (χ2v) is 5.79. The fourth-order valence-corrected chi connectivity index (χ4v) is 2.16. The van der Waals surface area contributed by atoms with Crippen LogP contribution >= 0.6 is 0 Å². The van der Waals surface area contributed by atoms with E-state index in [1.54, 1.807) is 13.8 Å². The Morgan fingerprint density at radius 1 is 1.32 bits per heavy atom. The van der Waals surface area contributed by atoms with Crippen molar-refractivity contribution < 1.29 is 14.7 Å². The van der Waals surface area contributed by atoms with Crippen LogP contribution in [-0.2, 0) is 9.59 Å². The van der Waals surface area contributed by atoms with Crippen molar-refractivity contribution in [1.82, 2.24) is 5.32 Å². The maximum atomic E-state index is 11.8.